The van der Waals surface area contributed by atoms with Crippen LogP contribution in [-0.4, -0.2) is 11.5 Å². The lowest BCUT2D eigenvalue weighted by atomic mass is 9.95. The van der Waals surface area contributed by atoms with Gasteiger partial charge in [-0.25, -0.2) is 0 Å². The summed E-state index contributed by atoms with van der Waals surface area (Å²) in [7, 11) is 0. The van der Waals surface area contributed by atoms with Crippen LogP contribution in [0.5, 0.6) is 0 Å². The van der Waals surface area contributed by atoms with Crippen molar-refractivity contribution < 1.29 is 0 Å². The van der Waals surface area contributed by atoms with Crippen molar-refractivity contribution in [1.29, 1.82) is 5.26 Å². The molecule has 1 aromatic rings. The molecule has 1 aromatic heterocycles. The standard InChI is InChI=1S/C12H17N3/c1-10(11-6-4-5-7-14-11)15-9-12(2,3)8-13/h4-7,10,15H,9H2,1-3H3. The Kier molecular flexibility index (Phi) is 3.81. The Bertz CT molecular complexity index is 338. The van der Waals surface area contributed by atoms with Crippen molar-refractivity contribution in [2.24, 2.45) is 5.41 Å². The van der Waals surface area contributed by atoms with Crippen LogP contribution >= 0.6 is 0 Å². The minimum absolute atomic E-state index is 0.179. The maximum atomic E-state index is 8.87. The van der Waals surface area contributed by atoms with Crippen molar-refractivity contribution in [3.8, 4) is 6.07 Å². The zero-order valence-electron chi connectivity index (χ0n) is 9.49. The summed E-state index contributed by atoms with van der Waals surface area (Å²) in [6.45, 7) is 6.56. The van der Waals surface area contributed by atoms with Gasteiger partial charge in [0.05, 0.1) is 17.2 Å². The van der Waals surface area contributed by atoms with Gasteiger partial charge in [-0.05, 0) is 32.9 Å². The van der Waals surface area contributed by atoms with Crippen molar-refractivity contribution in [2.45, 2.75) is 26.8 Å². The predicted molar refractivity (Wildman–Crippen MR) is 60.0 cm³/mol. The first-order valence-corrected chi connectivity index (χ1v) is 5.11. The number of nitrogens with zero attached hydrogens (tertiary/aromatic N) is 2. The molecule has 0 bridgehead atoms. The summed E-state index contributed by atoms with van der Waals surface area (Å²) in [6.07, 6.45) is 1.78. The molecule has 0 saturated carbocycles. The molecule has 1 N–H and O–H groups in total. The average molecular weight is 203 g/mol. The van der Waals surface area contributed by atoms with E-state index in [9.17, 15) is 0 Å². The Morgan fingerprint density at radius 1 is 1.53 bits per heavy atom. The van der Waals surface area contributed by atoms with E-state index >= 15 is 0 Å². The van der Waals surface area contributed by atoms with Gasteiger partial charge in [-0.3, -0.25) is 4.98 Å². The SMILES string of the molecule is CC(NCC(C)(C)C#N)c1ccccn1. The molecule has 3 heteroatoms. The summed E-state index contributed by atoms with van der Waals surface area (Å²) >= 11 is 0. The van der Waals surface area contributed by atoms with Crippen molar-refractivity contribution in [3.63, 3.8) is 0 Å². The number of aromatic nitrogens is 1. The highest BCUT2D eigenvalue weighted by Crippen LogP contribution is 2.14. The summed E-state index contributed by atoms with van der Waals surface area (Å²) in [5, 5.41) is 12.2. The van der Waals surface area contributed by atoms with E-state index in [1.165, 1.54) is 0 Å². The third kappa shape index (κ3) is 3.69. The second-order valence-corrected chi connectivity index (χ2v) is 4.35. The molecule has 0 radical (unpaired) electrons. The van der Waals surface area contributed by atoms with Gasteiger partial charge < -0.3 is 5.32 Å². The van der Waals surface area contributed by atoms with E-state index in [0.717, 1.165) is 5.69 Å². The van der Waals surface area contributed by atoms with Crippen LogP contribution in [0.25, 0.3) is 0 Å². The number of hydrogen-bond donors (Lipinski definition) is 1. The normalized spacial score (nSPS) is 13.2. The number of hydrogen-bond acceptors (Lipinski definition) is 3. The molecule has 1 unspecified atom stereocenters. The van der Waals surface area contributed by atoms with Gasteiger partial charge >= 0.3 is 0 Å². The first-order valence-electron chi connectivity index (χ1n) is 5.11. The van der Waals surface area contributed by atoms with E-state index in [0.29, 0.717) is 6.54 Å². The molecule has 0 saturated heterocycles. The molecule has 1 rings (SSSR count). The number of nitriles is 1. The van der Waals surface area contributed by atoms with E-state index in [2.05, 4.69) is 23.3 Å². The molecule has 1 heterocycles. The Hall–Kier alpha value is -1.40. The highest BCUT2D eigenvalue weighted by atomic mass is 14.9. The van der Waals surface area contributed by atoms with E-state index in [1.807, 2.05) is 32.0 Å². The third-order valence-electron chi connectivity index (χ3n) is 2.28. The van der Waals surface area contributed by atoms with E-state index in [4.69, 9.17) is 5.26 Å². The van der Waals surface area contributed by atoms with E-state index in [1.54, 1.807) is 6.20 Å². The Labute approximate surface area is 91.1 Å². The van der Waals surface area contributed by atoms with Crippen LogP contribution in [0.15, 0.2) is 24.4 Å². The monoisotopic (exact) mass is 203 g/mol. The van der Waals surface area contributed by atoms with Crippen LogP contribution in [-0.2, 0) is 0 Å². The lowest BCUT2D eigenvalue weighted by Crippen LogP contribution is -2.30. The van der Waals surface area contributed by atoms with Crippen molar-refractivity contribution in [1.82, 2.24) is 10.3 Å². The molecule has 1 atom stereocenters. The van der Waals surface area contributed by atoms with Gasteiger partial charge in [-0.15, -0.1) is 0 Å². The van der Waals surface area contributed by atoms with Gasteiger partial charge in [0.25, 0.3) is 0 Å². The van der Waals surface area contributed by atoms with Crippen LogP contribution < -0.4 is 5.32 Å². The molecule has 0 amide bonds. The Morgan fingerprint density at radius 2 is 2.27 bits per heavy atom. The van der Waals surface area contributed by atoms with Gasteiger partial charge in [0.15, 0.2) is 0 Å². The molecule has 15 heavy (non-hydrogen) atoms. The second kappa shape index (κ2) is 4.90. The molecule has 80 valence electrons. The minimum Gasteiger partial charge on any atom is -0.307 e. The van der Waals surface area contributed by atoms with Crippen LogP contribution in [0.4, 0.5) is 0 Å². The zero-order chi connectivity index (χ0) is 11.3. The van der Waals surface area contributed by atoms with Crippen molar-refractivity contribution >= 4 is 0 Å². The fraction of sp³-hybridized carbons (Fsp3) is 0.500. The third-order valence-corrected chi connectivity index (χ3v) is 2.28. The fourth-order valence-electron chi connectivity index (χ4n) is 1.18. The Morgan fingerprint density at radius 3 is 2.80 bits per heavy atom. The maximum absolute atomic E-state index is 8.87. The van der Waals surface area contributed by atoms with Gasteiger partial charge in [-0.2, -0.15) is 5.26 Å². The first kappa shape index (κ1) is 11.7. The quantitative estimate of drug-likeness (QED) is 0.816. The molecule has 0 aliphatic carbocycles. The number of pyridine rings is 1. The fourth-order valence-corrected chi connectivity index (χ4v) is 1.18. The van der Waals surface area contributed by atoms with Crippen LogP contribution in [0, 0.1) is 16.7 Å². The van der Waals surface area contributed by atoms with Gasteiger partial charge in [0, 0.05) is 18.8 Å². The lowest BCUT2D eigenvalue weighted by Gasteiger charge is -2.20. The summed E-state index contributed by atoms with van der Waals surface area (Å²) in [5.41, 5.74) is 0.675. The highest BCUT2D eigenvalue weighted by Gasteiger charge is 2.17. The zero-order valence-corrected chi connectivity index (χ0v) is 9.49. The molecule has 0 spiro atoms. The lowest BCUT2D eigenvalue weighted by molar-refractivity contribution is 0.412. The summed E-state index contributed by atoms with van der Waals surface area (Å²) in [6, 6.07) is 8.29. The number of rotatable bonds is 4. The molecule has 3 nitrogen and oxygen atoms in total. The smallest absolute Gasteiger partial charge is 0.0697 e. The summed E-state index contributed by atoms with van der Waals surface area (Å²) in [5.74, 6) is 0. The second-order valence-electron chi connectivity index (χ2n) is 4.35. The average Bonchev–Trinajstić information content (AvgIpc) is 2.27. The van der Waals surface area contributed by atoms with Crippen molar-refractivity contribution in [3.05, 3.63) is 30.1 Å². The molecule has 0 fully saturated rings. The van der Waals surface area contributed by atoms with Crippen LogP contribution in [0.1, 0.15) is 32.5 Å². The van der Waals surface area contributed by atoms with Gasteiger partial charge in [0.2, 0.25) is 0 Å². The van der Waals surface area contributed by atoms with Gasteiger partial charge in [-0.1, -0.05) is 6.07 Å². The summed E-state index contributed by atoms with van der Waals surface area (Å²) < 4.78 is 0. The molecule has 0 aromatic carbocycles. The van der Waals surface area contributed by atoms with Crippen molar-refractivity contribution in [2.75, 3.05) is 6.54 Å². The highest BCUT2D eigenvalue weighted by molar-refractivity contribution is 5.08. The number of nitrogens with one attached hydrogen (secondary N) is 1. The topological polar surface area (TPSA) is 48.7 Å². The molecular formula is C12H17N3. The predicted octanol–water partition coefficient (Wildman–Crippen LogP) is 2.28. The van der Waals surface area contributed by atoms with E-state index < -0.39 is 0 Å². The van der Waals surface area contributed by atoms with Crippen LogP contribution in [0.3, 0.4) is 0 Å². The first-order chi connectivity index (χ1) is 7.05. The Balaban J connectivity index is 2.52. The molecule has 0 aliphatic rings. The maximum Gasteiger partial charge on any atom is 0.0697 e. The van der Waals surface area contributed by atoms with Crippen LogP contribution in [0.2, 0.25) is 0 Å². The minimum atomic E-state index is -0.330. The van der Waals surface area contributed by atoms with Gasteiger partial charge in [0.1, 0.15) is 0 Å². The summed E-state index contributed by atoms with van der Waals surface area (Å²) in [4.78, 5) is 4.26. The molecular weight excluding hydrogens is 186 g/mol. The molecule has 0 aliphatic heterocycles. The van der Waals surface area contributed by atoms with E-state index in [-0.39, 0.29) is 11.5 Å². The largest absolute Gasteiger partial charge is 0.307 e.